The maximum Gasteiger partial charge on any atom is 0.338 e. The Balaban J connectivity index is 2.15. The standard InChI is InChI=1S/C20H18O5/c1-4-24-20(22)13-6-8-18-14(10-13)16(21)11-19(25-18)15-9-12(2)5-7-17(15)23-3/h5-11H,4H2,1-3H3. The summed E-state index contributed by atoms with van der Waals surface area (Å²) in [5.41, 5.74) is 2.22. The van der Waals surface area contributed by atoms with Gasteiger partial charge in [-0.05, 0) is 44.2 Å². The molecule has 128 valence electrons. The van der Waals surface area contributed by atoms with Crippen LogP contribution in [0.15, 0.2) is 51.7 Å². The molecular weight excluding hydrogens is 320 g/mol. The van der Waals surface area contributed by atoms with Gasteiger partial charge in [-0.3, -0.25) is 4.79 Å². The van der Waals surface area contributed by atoms with Crippen LogP contribution < -0.4 is 10.2 Å². The zero-order valence-corrected chi connectivity index (χ0v) is 14.3. The summed E-state index contributed by atoms with van der Waals surface area (Å²) in [4.78, 5) is 24.4. The van der Waals surface area contributed by atoms with Crippen molar-refractivity contribution in [1.82, 2.24) is 0 Å². The van der Waals surface area contributed by atoms with Crippen LogP contribution in [0.4, 0.5) is 0 Å². The maximum absolute atomic E-state index is 12.5. The Morgan fingerprint density at radius 3 is 2.64 bits per heavy atom. The van der Waals surface area contributed by atoms with Crippen LogP contribution in [0.1, 0.15) is 22.8 Å². The summed E-state index contributed by atoms with van der Waals surface area (Å²) in [6.45, 7) is 3.96. The van der Waals surface area contributed by atoms with Gasteiger partial charge >= 0.3 is 5.97 Å². The average Bonchev–Trinajstić information content (AvgIpc) is 2.61. The molecule has 3 aromatic rings. The van der Waals surface area contributed by atoms with Crippen molar-refractivity contribution in [3.05, 3.63) is 63.8 Å². The van der Waals surface area contributed by atoms with Gasteiger partial charge in [0.15, 0.2) is 5.43 Å². The number of esters is 1. The van der Waals surface area contributed by atoms with Crippen LogP contribution in [0.2, 0.25) is 0 Å². The van der Waals surface area contributed by atoms with Gasteiger partial charge in [0, 0.05) is 6.07 Å². The summed E-state index contributed by atoms with van der Waals surface area (Å²) in [6.07, 6.45) is 0. The van der Waals surface area contributed by atoms with Crippen LogP contribution in [0, 0.1) is 6.92 Å². The molecule has 0 amide bonds. The lowest BCUT2D eigenvalue weighted by Gasteiger charge is -2.10. The fourth-order valence-corrected chi connectivity index (χ4v) is 2.64. The molecule has 0 unspecified atom stereocenters. The molecule has 0 atom stereocenters. The lowest BCUT2D eigenvalue weighted by atomic mass is 10.1. The lowest BCUT2D eigenvalue weighted by molar-refractivity contribution is 0.0526. The van der Waals surface area contributed by atoms with Crippen molar-refractivity contribution in [3.8, 4) is 17.1 Å². The first kappa shape index (κ1) is 16.8. The second-order valence-corrected chi connectivity index (χ2v) is 5.61. The van der Waals surface area contributed by atoms with E-state index in [0.29, 0.717) is 33.6 Å². The molecule has 0 fully saturated rings. The van der Waals surface area contributed by atoms with Gasteiger partial charge in [-0.25, -0.2) is 4.79 Å². The van der Waals surface area contributed by atoms with E-state index < -0.39 is 5.97 Å². The van der Waals surface area contributed by atoms with Crippen molar-refractivity contribution in [3.63, 3.8) is 0 Å². The highest BCUT2D eigenvalue weighted by Crippen LogP contribution is 2.31. The SMILES string of the molecule is CCOC(=O)c1ccc2oc(-c3cc(C)ccc3OC)cc(=O)c2c1. The fourth-order valence-electron chi connectivity index (χ4n) is 2.64. The third-order valence-electron chi connectivity index (χ3n) is 3.86. The average molecular weight is 338 g/mol. The molecule has 5 nitrogen and oxygen atoms in total. The molecule has 0 bridgehead atoms. The number of hydrogen-bond acceptors (Lipinski definition) is 5. The van der Waals surface area contributed by atoms with Crippen molar-refractivity contribution in [2.24, 2.45) is 0 Å². The predicted octanol–water partition coefficient (Wildman–Crippen LogP) is 3.95. The maximum atomic E-state index is 12.5. The summed E-state index contributed by atoms with van der Waals surface area (Å²) in [6, 6.07) is 11.8. The van der Waals surface area contributed by atoms with E-state index in [0.717, 1.165) is 5.56 Å². The van der Waals surface area contributed by atoms with Crippen molar-refractivity contribution in [2.75, 3.05) is 13.7 Å². The second kappa shape index (κ2) is 6.81. The monoisotopic (exact) mass is 338 g/mol. The van der Waals surface area contributed by atoms with Crippen LogP contribution in [-0.4, -0.2) is 19.7 Å². The number of hydrogen-bond donors (Lipinski definition) is 0. The van der Waals surface area contributed by atoms with Gasteiger partial charge in [-0.15, -0.1) is 0 Å². The van der Waals surface area contributed by atoms with Gasteiger partial charge < -0.3 is 13.9 Å². The third-order valence-corrected chi connectivity index (χ3v) is 3.86. The third kappa shape index (κ3) is 3.26. The summed E-state index contributed by atoms with van der Waals surface area (Å²) < 4.78 is 16.2. The molecule has 0 aliphatic carbocycles. The van der Waals surface area contributed by atoms with E-state index in [2.05, 4.69) is 0 Å². The summed E-state index contributed by atoms with van der Waals surface area (Å²) >= 11 is 0. The zero-order chi connectivity index (χ0) is 18.0. The van der Waals surface area contributed by atoms with Crippen LogP contribution in [-0.2, 0) is 4.74 Å². The number of aryl methyl sites for hydroxylation is 1. The first-order valence-electron chi connectivity index (χ1n) is 7.93. The van der Waals surface area contributed by atoms with E-state index in [9.17, 15) is 9.59 Å². The number of carbonyl (C=O) groups is 1. The molecule has 0 aliphatic rings. The summed E-state index contributed by atoms with van der Waals surface area (Å²) in [5, 5.41) is 0.334. The zero-order valence-electron chi connectivity index (χ0n) is 14.3. The minimum absolute atomic E-state index is 0.231. The second-order valence-electron chi connectivity index (χ2n) is 5.61. The van der Waals surface area contributed by atoms with Crippen molar-refractivity contribution >= 4 is 16.9 Å². The van der Waals surface area contributed by atoms with E-state index in [1.807, 2.05) is 25.1 Å². The van der Waals surface area contributed by atoms with E-state index in [1.54, 1.807) is 26.2 Å². The Hall–Kier alpha value is -3.08. The highest BCUT2D eigenvalue weighted by Gasteiger charge is 2.14. The van der Waals surface area contributed by atoms with E-state index in [1.165, 1.54) is 12.1 Å². The molecule has 5 heteroatoms. The molecule has 3 rings (SSSR count). The quantitative estimate of drug-likeness (QED) is 0.674. The Bertz CT molecular complexity index is 1000. The first-order valence-corrected chi connectivity index (χ1v) is 7.93. The van der Waals surface area contributed by atoms with Crippen molar-refractivity contribution in [1.29, 1.82) is 0 Å². The molecule has 2 aromatic carbocycles. The van der Waals surface area contributed by atoms with Crippen LogP contribution in [0.3, 0.4) is 0 Å². The van der Waals surface area contributed by atoms with Gasteiger partial charge in [0.25, 0.3) is 0 Å². The van der Waals surface area contributed by atoms with Gasteiger partial charge in [-0.1, -0.05) is 11.6 Å². The molecule has 25 heavy (non-hydrogen) atoms. The molecule has 0 spiro atoms. The van der Waals surface area contributed by atoms with Crippen molar-refractivity contribution < 1.29 is 18.7 Å². The molecule has 0 N–H and O–H groups in total. The summed E-state index contributed by atoms with van der Waals surface area (Å²) in [5.74, 6) is 0.575. The fraction of sp³-hybridized carbons (Fsp3) is 0.200. The van der Waals surface area contributed by atoms with Gasteiger partial charge in [0.05, 0.1) is 30.2 Å². The van der Waals surface area contributed by atoms with Crippen LogP contribution >= 0.6 is 0 Å². The lowest BCUT2D eigenvalue weighted by Crippen LogP contribution is -2.07. The largest absolute Gasteiger partial charge is 0.496 e. The van der Waals surface area contributed by atoms with E-state index in [-0.39, 0.29) is 12.0 Å². The number of methoxy groups -OCH3 is 1. The van der Waals surface area contributed by atoms with Crippen LogP contribution in [0.5, 0.6) is 5.75 Å². The first-order chi connectivity index (χ1) is 12.0. The smallest absolute Gasteiger partial charge is 0.338 e. The molecule has 1 heterocycles. The van der Waals surface area contributed by atoms with E-state index in [4.69, 9.17) is 13.9 Å². The Labute approximate surface area is 144 Å². The number of benzene rings is 2. The highest BCUT2D eigenvalue weighted by molar-refractivity contribution is 5.94. The Kier molecular flexibility index (Phi) is 4.57. The summed E-state index contributed by atoms with van der Waals surface area (Å²) in [7, 11) is 1.57. The van der Waals surface area contributed by atoms with Gasteiger partial charge in [0.2, 0.25) is 0 Å². The minimum atomic E-state index is -0.465. The number of rotatable bonds is 4. The van der Waals surface area contributed by atoms with Crippen molar-refractivity contribution in [2.45, 2.75) is 13.8 Å². The van der Waals surface area contributed by atoms with E-state index >= 15 is 0 Å². The number of ether oxygens (including phenoxy) is 2. The normalized spacial score (nSPS) is 10.7. The number of fused-ring (bicyclic) bond motifs is 1. The number of carbonyl (C=O) groups excluding carboxylic acids is 1. The Morgan fingerprint density at radius 1 is 1.12 bits per heavy atom. The molecular formula is C20H18O5. The predicted molar refractivity (Wildman–Crippen MR) is 95.2 cm³/mol. The van der Waals surface area contributed by atoms with Crippen LogP contribution in [0.25, 0.3) is 22.3 Å². The molecule has 0 saturated heterocycles. The Morgan fingerprint density at radius 2 is 1.92 bits per heavy atom. The molecule has 0 radical (unpaired) electrons. The molecule has 1 aromatic heterocycles. The topological polar surface area (TPSA) is 65.7 Å². The highest BCUT2D eigenvalue weighted by atomic mass is 16.5. The molecule has 0 saturated carbocycles. The minimum Gasteiger partial charge on any atom is -0.496 e. The van der Waals surface area contributed by atoms with Gasteiger partial charge in [-0.2, -0.15) is 0 Å². The molecule has 0 aliphatic heterocycles. The van der Waals surface area contributed by atoms with Gasteiger partial charge in [0.1, 0.15) is 17.1 Å².